The molecule has 0 atom stereocenters. The van der Waals surface area contributed by atoms with Gasteiger partial charge in [0.2, 0.25) is 0 Å². The molecule has 0 amide bonds. The molecular weight excluding hydrogens is 359 g/mol. The predicted octanol–water partition coefficient (Wildman–Crippen LogP) is 2.40. The molecular formula is C12H23IN4S. The fourth-order valence-electron chi connectivity index (χ4n) is 1.75. The van der Waals surface area contributed by atoms with Gasteiger partial charge in [-0.3, -0.25) is 4.99 Å². The van der Waals surface area contributed by atoms with Crippen molar-refractivity contribution in [3.8, 4) is 0 Å². The minimum atomic E-state index is 0. The van der Waals surface area contributed by atoms with Gasteiger partial charge in [0, 0.05) is 46.0 Å². The molecule has 1 aromatic rings. The van der Waals surface area contributed by atoms with Crippen LogP contribution in [0, 0.1) is 13.8 Å². The van der Waals surface area contributed by atoms with Crippen molar-refractivity contribution < 1.29 is 0 Å². The van der Waals surface area contributed by atoms with Gasteiger partial charge in [0.15, 0.2) is 5.96 Å². The Hall–Kier alpha value is -0.370. The average molecular weight is 382 g/mol. The van der Waals surface area contributed by atoms with E-state index >= 15 is 0 Å². The zero-order valence-electron chi connectivity index (χ0n) is 12.0. The molecule has 0 radical (unpaired) electrons. The number of halogens is 1. The number of hydrogen-bond donors (Lipinski definition) is 0. The zero-order chi connectivity index (χ0) is 13.0. The third kappa shape index (κ3) is 5.09. The molecule has 4 nitrogen and oxygen atoms in total. The maximum absolute atomic E-state index is 4.62. The highest BCUT2D eigenvalue weighted by Crippen LogP contribution is 2.17. The van der Waals surface area contributed by atoms with Crippen LogP contribution in [-0.2, 0) is 6.42 Å². The van der Waals surface area contributed by atoms with Crippen molar-refractivity contribution in [3.63, 3.8) is 0 Å². The van der Waals surface area contributed by atoms with Gasteiger partial charge < -0.3 is 9.80 Å². The molecule has 6 heteroatoms. The maximum atomic E-state index is 4.62. The summed E-state index contributed by atoms with van der Waals surface area (Å²) in [5.41, 5.74) is 1.15. The lowest BCUT2D eigenvalue weighted by atomic mass is 10.3. The summed E-state index contributed by atoms with van der Waals surface area (Å²) in [6.45, 7) is 4.94. The monoisotopic (exact) mass is 382 g/mol. The molecule has 0 spiro atoms. The molecule has 0 aromatic carbocycles. The van der Waals surface area contributed by atoms with E-state index in [1.165, 1.54) is 4.88 Å². The minimum Gasteiger partial charge on any atom is -0.349 e. The molecule has 0 aliphatic heterocycles. The quantitative estimate of drug-likeness (QED) is 0.457. The largest absolute Gasteiger partial charge is 0.349 e. The van der Waals surface area contributed by atoms with Crippen molar-refractivity contribution in [2.75, 3.05) is 34.7 Å². The van der Waals surface area contributed by atoms with Gasteiger partial charge in [0.25, 0.3) is 0 Å². The summed E-state index contributed by atoms with van der Waals surface area (Å²) in [5.74, 6) is 1.00. The third-order valence-corrected chi connectivity index (χ3v) is 3.52. The molecule has 0 fully saturated rings. The highest BCUT2D eigenvalue weighted by molar-refractivity contribution is 14.0. The van der Waals surface area contributed by atoms with Gasteiger partial charge in [-0.05, 0) is 13.8 Å². The molecule has 0 aliphatic rings. The second kappa shape index (κ2) is 7.93. The van der Waals surface area contributed by atoms with Crippen molar-refractivity contribution in [2.45, 2.75) is 20.3 Å². The number of aromatic nitrogens is 1. The predicted molar refractivity (Wildman–Crippen MR) is 90.4 cm³/mol. The Morgan fingerprint density at radius 2 is 1.72 bits per heavy atom. The Balaban J connectivity index is 0.00000289. The summed E-state index contributed by atoms with van der Waals surface area (Å²) >= 11 is 1.78. The van der Waals surface area contributed by atoms with Gasteiger partial charge in [-0.15, -0.1) is 35.3 Å². The van der Waals surface area contributed by atoms with Gasteiger partial charge >= 0.3 is 0 Å². The number of aliphatic imine (C=N–C) groups is 1. The molecule has 1 heterocycles. The van der Waals surface area contributed by atoms with E-state index in [2.05, 4.69) is 23.8 Å². The standard InChI is InChI=1S/C12H22N4S.HI/c1-9-11(17-10(2)14-9)7-8-13-12(15(3)4)16(5)6;/h7-8H2,1-6H3;1H. The first-order chi connectivity index (χ1) is 7.91. The lowest BCUT2D eigenvalue weighted by molar-refractivity contribution is 0.479. The number of rotatable bonds is 3. The first kappa shape index (κ1) is 17.6. The van der Waals surface area contributed by atoms with Crippen LogP contribution >= 0.6 is 35.3 Å². The first-order valence-electron chi connectivity index (χ1n) is 5.73. The minimum absolute atomic E-state index is 0. The van der Waals surface area contributed by atoms with Crippen LogP contribution in [0.3, 0.4) is 0 Å². The molecule has 0 saturated heterocycles. The number of aryl methyl sites for hydroxylation is 2. The summed E-state index contributed by atoms with van der Waals surface area (Å²) < 4.78 is 0. The second-order valence-electron chi connectivity index (χ2n) is 4.46. The summed E-state index contributed by atoms with van der Waals surface area (Å²) in [5, 5.41) is 1.14. The Kier molecular flexibility index (Phi) is 7.77. The molecule has 0 aliphatic carbocycles. The highest BCUT2D eigenvalue weighted by atomic mass is 127. The van der Waals surface area contributed by atoms with E-state index in [-0.39, 0.29) is 24.0 Å². The third-order valence-electron chi connectivity index (χ3n) is 2.39. The van der Waals surface area contributed by atoms with Crippen LogP contribution in [-0.4, -0.2) is 55.5 Å². The average Bonchev–Trinajstić information content (AvgIpc) is 2.51. The number of hydrogen-bond acceptors (Lipinski definition) is 3. The van der Waals surface area contributed by atoms with Gasteiger partial charge in [0.1, 0.15) is 0 Å². The molecule has 1 aromatic heterocycles. The van der Waals surface area contributed by atoms with E-state index in [1.807, 2.05) is 38.0 Å². The fraction of sp³-hybridized carbons (Fsp3) is 0.667. The molecule has 0 N–H and O–H groups in total. The zero-order valence-corrected chi connectivity index (χ0v) is 15.2. The lowest BCUT2D eigenvalue weighted by Gasteiger charge is -2.22. The summed E-state index contributed by atoms with van der Waals surface area (Å²) in [6, 6.07) is 0. The highest BCUT2D eigenvalue weighted by Gasteiger charge is 2.06. The van der Waals surface area contributed by atoms with E-state index in [9.17, 15) is 0 Å². The van der Waals surface area contributed by atoms with E-state index in [4.69, 9.17) is 0 Å². The summed E-state index contributed by atoms with van der Waals surface area (Å²) in [6.07, 6.45) is 0.975. The van der Waals surface area contributed by atoms with Crippen molar-refractivity contribution in [3.05, 3.63) is 15.6 Å². The lowest BCUT2D eigenvalue weighted by Crippen LogP contribution is -2.35. The summed E-state index contributed by atoms with van der Waals surface area (Å²) in [7, 11) is 8.06. The Bertz CT molecular complexity index is 389. The number of guanidine groups is 1. The molecule has 0 bridgehead atoms. The van der Waals surface area contributed by atoms with Crippen LogP contribution in [0.15, 0.2) is 4.99 Å². The van der Waals surface area contributed by atoms with E-state index in [0.29, 0.717) is 0 Å². The van der Waals surface area contributed by atoms with Crippen molar-refractivity contribution in [1.29, 1.82) is 0 Å². The fourth-order valence-corrected chi connectivity index (χ4v) is 2.67. The smallest absolute Gasteiger partial charge is 0.195 e. The molecule has 1 rings (SSSR count). The first-order valence-corrected chi connectivity index (χ1v) is 6.55. The molecule has 18 heavy (non-hydrogen) atoms. The number of thiazole rings is 1. The van der Waals surface area contributed by atoms with Gasteiger partial charge in [-0.2, -0.15) is 0 Å². The van der Waals surface area contributed by atoms with Gasteiger partial charge in [-0.1, -0.05) is 0 Å². The molecule has 0 saturated carbocycles. The van der Waals surface area contributed by atoms with Crippen LogP contribution < -0.4 is 0 Å². The van der Waals surface area contributed by atoms with Crippen LogP contribution in [0.4, 0.5) is 0 Å². The topological polar surface area (TPSA) is 31.7 Å². The van der Waals surface area contributed by atoms with E-state index in [1.54, 1.807) is 11.3 Å². The Morgan fingerprint density at radius 1 is 1.17 bits per heavy atom. The van der Waals surface area contributed by atoms with Crippen LogP contribution in [0.2, 0.25) is 0 Å². The van der Waals surface area contributed by atoms with Crippen molar-refractivity contribution in [2.24, 2.45) is 4.99 Å². The normalized spacial score (nSPS) is 9.67. The van der Waals surface area contributed by atoms with Crippen LogP contribution in [0.1, 0.15) is 15.6 Å². The molecule has 0 unspecified atom stereocenters. The maximum Gasteiger partial charge on any atom is 0.195 e. The SMILES string of the molecule is Cc1nc(C)c(CCN=C(N(C)C)N(C)C)s1.I. The second-order valence-corrected chi connectivity index (χ2v) is 5.75. The van der Waals surface area contributed by atoms with Crippen molar-refractivity contribution in [1.82, 2.24) is 14.8 Å². The molecule has 104 valence electrons. The Morgan fingerprint density at radius 3 is 2.11 bits per heavy atom. The summed E-state index contributed by atoms with van der Waals surface area (Å²) in [4.78, 5) is 14.5. The van der Waals surface area contributed by atoms with E-state index < -0.39 is 0 Å². The van der Waals surface area contributed by atoms with Crippen LogP contribution in [0.25, 0.3) is 0 Å². The number of nitrogens with zero attached hydrogens (tertiary/aromatic N) is 4. The van der Waals surface area contributed by atoms with Crippen molar-refractivity contribution >= 4 is 41.3 Å². The van der Waals surface area contributed by atoms with E-state index in [0.717, 1.165) is 29.6 Å². The van der Waals surface area contributed by atoms with Gasteiger partial charge in [0.05, 0.1) is 10.7 Å². The van der Waals surface area contributed by atoms with Gasteiger partial charge in [-0.25, -0.2) is 4.98 Å². The Labute approximate surface area is 131 Å². The van der Waals surface area contributed by atoms with Crippen LogP contribution in [0.5, 0.6) is 0 Å².